The highest BCUT2D eigenvalue weighted by Gasteiger charge is 2.17. The predicted octanol–water partition coefficient (Wildman–Crippen LogP) is 14.3. The summed E-state index contributed by atoms with van der Waals surface area (Å²) in [5.41, 5.74) is 10.6. The minimum atomic E-state index is 0.581. The molecule has 0 radical (unpaired) electrons. The molecule has 5 heteroatoms. The molecule has 3 aromatic heterocycles. The van der Waals surface area contributed by atoms with Crippen molar-refractivity contribution in [3.63, 3.8) is 0 Å². The number of hydrogen-bond acceptors (Lipinski definition) is 5. The molecule has 0 amide bonds. The van der Waals surface area contributed by atoms with Crippen LogP contribution in [0.2, 0.25) is 0 Å². The molecule has 12 rings (SSSR count). The number of fused-ring (bicyclic) bond motifs is 8. The topological polar surface area (TPSA) is 65.0 Å². The summed E-state index contributed by atoms with van der Waals surface area (Å²) in [4.78, 5) is 15.4. The van der Waals surface area contributed by atoms with Crippen molar-refractivity contribution in [1.82, 2.24) is 15.0 Å². The number of para-hydroxylation sites is 1. The van der Waals surface area contributed by atoms with Crippen LogP contribution >= 0.6 is 0 Å². The number of benzene rings is 9. The van der Waals surface area contributed by atoms with Crippen molar-refractivity contribution in [2.24, 2.45) is 0 Å². The van der Waals surface area contributed by atoms with Crippen LogP contribution in [-0.4, -0.2) is 15.0 Å². The fraction of sp³-hybridized carbons (Fsp3) is 0. The van der Waals surface area contributed by atoms with E-state index in [4.69, 9.17) is 23.8 Å². The summed E-state index contributed by atoms with van der Waals surface area (Å²) in [5.74, 6) is 1.79. The summed E-state index contributed by atoms with van der Waals surface area (Å²) in [6.07, 6.45) is 0. The fourth-order valence-electron chi connectivity index (χ4n) is 8.39. The van der Waals surface area contributed by atoms with Crippen LogP contribution in [0.4, 0.5) is 0 Å². The second-order valence-electron chi connectivity index (χ2n) is 14.8. The van der Waals surface area contributed by atoms with Crippen molar-refractivity contribution in [2.75, 3.05) is 0 Å². The van der Waals surface area contributed by atoms with E-state index in [-0.39, 0.29) is 0 Å². The van der Waals surface area contributed by atoms with Crippen LogP contribution in [0.15, 0.2) is 197 Å². The Balaban J connectivity index is 1.01. The molecule has 0 unspecified atom stereocenters. The van der Waals surface area contributed by atoms with Crippen LogP contribution in [0.5, 0.6) is 0 Å². The van der Waals surface area contributed by atoms with Crippen molar-refractivity contribution < 1.29 is 8.83 Å². The molecule has 0 spiro atoms. The number of furan rings is 2. The summed E-state index contributed by atoms with van der Waals surface area (Å²) in [6.45, 7) is 0. The zero-order valence-electron chi connectivity index (χ0n) is 31.1. The van der Waals surface area contributed by atoms with Gasteiger partial charge in [-0.1, -0.05) is 133 Å². The van der Waals surface area contributed by atoms with Gasteiger partial charge in [-0.2, -0.15) is 0 Å². The first-order valence-electron chi connectivity index (χ1n) is 19.4. The Morgan fingerprint density at radius 3 is 1.64 bits per heavy atom. The molecular weight excluding hydrogens is 711 g/mol. The highest BCUT2D eigenvalue weighted by molar-refractivity contribution is 6.14. The van der Waals surface area contributed by atoms with Crippen LogP contribution in [0.3, 0.4) is 0 Å². The first-order chi connectivity index (χ1) is 28.7. The molecule has 0 atom stereocenters. The van der Waals surface area contributed by atoms with Crippen LogP contribution in [0.25, 0.3) is 122 Å². The zero-order chi connectivity index (χ0) is 38.2. The minimum Gasteiger partial charge on any atom is -0.456 e. The van der Waals surface area contributed by atoms with E-state index in [0.29, 0.717) is 17.5 Å². The van der Waals surface area contributed by atoms with Gasteiger partial charge < -0.3 is 8.83 Å². The Kier molecular flexibility index (Phi) is 7.16. The Hall–Kier alpha value is -7.89. The lowest BCUT2D eigenvalue weighted by Gasteiger charge is -2.11. The Bertz CT molecular complexity index is 3580. The maximum atomic E-state index is 6.40. The van der Waals surface area contributed by atoms with Crippen LogP contribution in [0.1, 0.15) is 0 Å². The molecule has 0 saturated carbocycles. The molecular formula is C53H31N3O2. The zero-order valence-corrected chi connectivity index (χ0v) is 31.1. The Morgan fingerprint density at radius 2 is 0.828 bits per heavy atom. The molecule has 0 N–H and O–H groups in total. The number of aromatic nitrogens is 3. The van der Waals surface area contributed by atoms with Gasteiger partial charge in [0.1, 0.15) is 22.3 Å². The third-order valence-electron chi connectivity index (χ3n) is 11.3. The second-order valence-corrected chi connectivity index (χ2v) is 14.8. The van der Waals surface area contributed by atoms with E-state index < -0.39 is 0 Å². The molecule has 0 aliphatic rings. The number of rotatable bonds is 5. The Labute approximate surface area is 332 Å². The SMILES string of the molecule is c1ccc(-c2ccc3oc4cccc(-c5ccc6ccc(-c7nc(-c8ccc9ccccc9c8)nc(-c8ccc9c(c8)oc8ccccc89)n7)cc6c5)c4c3c2)cc1. The van der Waals surface area contributed by atoms with E-state index in [2.05, 4.69) is 158 Å². The molecule has 0 saturated heterocycles. The van der Waals surface area contributed by atoms with E-state index >= 15 is 0 Å². The summed E-state index contributed by atoms with van der Waals surface area (Å²) in [7, 11) is 0. The van der Waals surface area contributed by atoms with E-state index in [9.17, 15) is 0 Å². The van der Waals surface area contributed by atoms with Gasteiger partial charge in [-0.15, -0.1) is 0 Å². The number of hydrogen-bond donors (Lipinski definition) is 0. The summed E-state index contributed by atoms with van der Waals surface area (Å²) in [5, 5.41) is 8.85. The third-order valence-corrected chi connectivity index (χ3v) is 11.3. The van der Waals surface area contributed by atoms with Crippen molar-refractivity contribution in [3.8, 4) is 56.4 Å². The lowest BCUT2D eigenvalue weighted by atomic mass is 9.95. The van der Waals surface area contributed by atoms with Gasteiger partial charge in [0.15, 0.2) is 17.5 Å². The lowest BCUT2D eigenvalue weighted by molar-refractivity contribution is 0.668. The van der Waals surface area contributed by atoms with Gasteiger partial charge in [-0.05, 0) is 98.4 Å². The van der Waals surface area contributed by atoms with E-state index in [1.54, 1.807) is 0 Å². The Morgan fingerprint density at radius 1 is 0.276 bits per heavy atom. The molecule has 3 heterocycles. The van der Waals surface area contributed by atoms with Gasteiger partial charge in [0.05, 0.1) is 0 Å². The average molecular weight is 742 g/mol. The lowest BCUT2D eigenvalue weighted by Crippen LogP contribution is -2.00. The molecule has 12 aromatic rings. The van der Waals surface area contributed by atoms with E-state index in [1.165, 1.54) is 5.56 Å². The minimum absolute atomic E-state index is 0.581. The van der Waals surface area contributed by atoms with E-state index in [1.807, 2.05) is 30.3 Å². The van der Waals surface area contributed by atoms with Gasteiger partial charge in [0.2, 0.25) is 0 Å². The standard InChI is InChI=1S/C53H31N3O2/c1-2-9-32(10-3-1)36-24-26-47-45(30-36)50-42(14-8-16-48(50)57-47)37-20-17-34-19-22-39(29-41(34)28-37)52-54-51(38-21-18-33-11-4-5-12-35(33)27-38)55-53(56-52)40-23-25-44-43-13-6-7-15-46(43)58-49(44)31-40/h1-31H. The van der Waals surface area contributed by atoms with Gasteiger partial charge in [0.25, 0.3) is 0 Å². The van der Waals surface area contributed by atoms with Crippen molar-refractivity contribution in [1.29, 1.82) is 0 Å². The smallest absolute Gasteiger partial charge is 0.164 e. The van der Waals surface area contributed by atoms with Crippen LogP contribution in [-0.2, 0) is 0 Å². The number of nitrogens with zero attached hydrogens (tertiary/aromatic N) is 3. The molecule has 0 fully saturated rings. The summed E-state index contributed by atoms with van der Waals surface area (Å²) in [6, 6.07) is 65.4. The third kappa shape index (κ3) is 5.36. The highest BCUT2D eigenvalue weighted by Crippen LogP contribution is 2.40. The average Bonchev–Trinajstić information content (AvgIpc) is 3.86. The maximum Gasteiger partial charge on any atom is 0.164 e. The highest BCUT2D eigenvalue weighted by atomic mass is 16.3. The van der Waals surface area contributed by atoms with Crippen LogP contribution < -0.4 is 0 Å². The van der Waals surface area contributed by atoms with Gasteiger partial charge in [-0.3, -0.25) is 0 Å². The molecule has 270 valence electrons. The second kappa shape index (κ2) is 12.8. The quantitative estimate of drug-likeness (QED) is 0.176. The molecule has 0 aliphatic carbocycles. The van der Waals surface area contributed by atoms with Crippen molar-refractivity contribution >= 4 is 65.4 Å². The predicted molar refractivity (Wildman–Crippen MR) is 237 cm³/mol. The summed E-state index contributed by atoms with van der Waals surface area (Å²) < 4.78 is 12.7. The molecule has 0 bridgehead atoms. The maximum absolute atomic E-state index is 6.40. The van der Waals surface area contributed by atoms with Gasteiger partial charge >= 0.3 is 0 Å². The normalized spacial score (nSPS) is 11.8. The van der Waals surface area contributed by atoms with Gasteiger partial charge in [-0.25, -0.2) is 15.0 Å². The fourth-order valence-corrected chi connectivity index (χ4v) is 8.39. The van der Waals surface area contributed by atoms with Crippen molar-refractivity contribution in [3.05, 3.63) is 188 Å². The molecule has 0 aliphatic heterocycles. The molecule has 5 nitrogen and oxygen atoms in total. The van der Waals surface area contributed by atoms with Gasteiger partial charge in [0, 0.05) is 38.2 Å². The summed E-state index contributed by atoms with van der Waals surface area (Å²) >= 11 is 0. The molecule has 9 aromatic carbocycles. The van der Waals surface area contributed by atoms with E-state index in [0.717, 1.165) is 98.8 Å². The first-order valence-corrected chi connectivity index (χ1v) is 19.4. The first kappa shape index (κ1) is 32.4. The molecule has 58 heavy (non-hydrogen) atoms. The largest absolute Gasteiger partial charge is 0.456 e. The monoisotopic (exact) mass is 741 g/mol. The van der Waals surface area contributed by atoms with Crippen LogP contribution in [0, 0.1) is 0 Å². The van der Waals surface area contributed by atoms with Crippen molar-refractivity contribution in [2.45, 2.75) is 0 Å².